The number of pyridine rings is 1. The number of nitrogens with zero attached hydrogens (tertiary/aromatic N) is 2. The molecule has 0 bridgehead atoms. The van der Waals surface area contributed by atoms with Crippen LogP contribution in [0, 0.1) is 0 Å². The van der Waals surface area contributed by atoms with E-state index in [9.17, 15) is 31.1 Å². The average Bonchev–Trinajstić information content (AvgIpc) is 3.02. The van der Waals surface area contributed by atoms with Gasteiger partial charge in [0.15, 0.2) is 0 Å². The number of hydrogen-bond acceptors (Lipinski definition) is 2. The van der Waals surface area contributed by atoms with Crippen LogP contribution in [0.15, 0.2) is 48.8 Å². The van der Waals surface area contributed by atoms with E-state index in [2.05, 4.69) is 10.3 Å². The molecule has 1 N–H and O–H groups in total. The van der Waals surface area contributed by atoms with Crippen LogP contribution in [0.3, 0.4) is 0 Å². The van der Waals surface area contributed by atoms with Gasteiger partial charge in [-0.2, -0.15) is 26.3 Å². The number of fused-ring (bicyclic) bond motifs is 1. The molecule has 0 aliphatic heterocycles. The van der Waals surface area contributed by atoms with Gasteiger partial charge < -0.3 is 9.72 Å². The van der Waals surface area contributed by atoms with E-state index in [1.54, 1.807) is 0 Å². The van der Waals surface area contributed by atoms with E-state index < -0.39 is 35.0 Å². The molecule has 28 heavy (non-hydrogen) atoms. The van der Waals surface area contributed by atoms with Gasteiger partial charge in [0, 0.05) is 25.4 Å². The van der Waals surface area contributed by atoms with Gasteiger partial charge in [0.05, 0.1) is 22.4 Å². The number of alkyl halides is 6. The average molecular weight is 401 g/mol. The van der Waals surface area contributed by atoms with Crippen LogP contribution < -0.4 is 5.32 Å². The molecule has 0 aliphatic carbocycles. The molecule has 0 saturated heterocycles. The molecular formula is C18H13F6N3O. The zero-order valence-corrected chi connectivity index (χ0v) is 14.1. The maximum absolute atomic E-state index is 13.0. The lowest BCUT2D eigenvalue weighted by Gasteiger charge is -2.12. The predicted molar refractivity (Wildman–Crippen MR) is 87.7 cm³/mol. The summed E-state index contributed by atoms with van der Waals surface area (Å²) in [6.45, 7) is -0.0268. The second kappa shape index (κ2) is 7.17. The lowest BCUT2D eigenvalue weighted by molar-refractivity contribution is -0.138. The Morgan fingerprint density at radius 1 is 0.964 bits per heavy atom. The summed E-state index contributed by atoms with van der Waals surface area (Å²) in [6.07, 6.45) is -6.74. The van der Waals surface area contributed by atoms with Crippen molar-refractivity contribution in [3.8, 4) is 0 Å². The zero-order valence-electron chi connectivity index (χ0n) is 14.1. The summed E-state index contributed by atoms with van der Waals surface area (Å²) in [6, 6.07) is 6.51. The molecule has 1 aromatic carbocycles. The van der Waals surface area contributed by atoms with E-state index >= 15 is 0 Å². The minimum atomic E-state index is -4.66. The van der Waals surface area contributed by atoms with Crippen LogP contribution in [0.1, 0.15) is 27.2 Å². The van der Waals surface area contributed by atoms with Gasteiger partial charge in [-0.15, -0.1) is 0 Å². The molecule has 3 rings (SSSR count). The summed E-state index contributed by atoms with van der Waals surface area (Å²) in [5, 5.41) is 2.37. The molecule has 2 aromatic heterocycles. The number of halogens is 6. The van der Waals surface area contributed by atoms with Gasteiger partial charge in [0.25, 0.3) is 5.91 Å². The fourth-order valence-electron chi connectivity index (χ4n) is 2.66. The first-order valence-corrected chi connectivity index (χ1v) is 8.05. The number of carbonyl (C=O) groups is 1. The Kier molecular flexibility index (Phi) is 5.05. The summed E-state index contributed by atoms with van der Waals surface area (Å²) < 4.78 is 78.3. The summed E-state index contributed by atoms with van der Waals surface area (Å²) in [5.74, 6) is -0.893. The fourth-order valence-corrected chi connectivity index (χ4v) is 2.66. The monoisotopic (exact) mass is 401 g/mol. The molecule has 148 valence electrons. The van der Waals surface area contributed by atoms with Crippen molar-refractivity contribution >= 4 is 11.6 Å². The number of hydrogen-bond donors (Lipinski definition) is 1. The van der Waals surface area contributed by atoms with E-state index in [-0.39, 0.29) is 18.6 Å². The van der Waals surface area contributed by atoms with Crippen molar-refractivity contribution < 1.29 is 31.1 Å². The van der Waals surface area contributed by atoms with Gasteiger partial charge in [-0.25, -0.2) is 4.98 Å². The number of imidazole rings is 1. The predicted octanol–water partition coefficient (Wildman–Crippen LogP) is 4.34. The molecule has 10 heteroatoms. The Morgan fingerprint density at radius 3 is 2.36 bits per heavy atom. The Bertz CT molecular complexity index is 1010. The van der Waals surface area contributed by atoms with Crippen LogP contribution in [0.4, 0.5) is 26.3 Å². The van der Waals surface area contributed by atoms with Gasteiger partial charge in [0.2, 0.25) is 0 Å². The highest BCUT2D eigenvalue weighted by atomic mass is 19.4. The second-order valence-electron chi connectivity index (χ2n) is 5.96. The molecule has 0 atom stereocenters. The highest BCUT2D eigenvalue weighted by Gasteiger charge is 2.34. The molecule has 4 nitrogen and oxygen atoms in total. The summed E-state index contributed by atoms with van der Waals surface area (Å²) >= 11 is 0. The molecule has 0 radical (unpaired) electrons. The molecule has 2 heterocycles. The van der Waals surface area contributed by atoms with Gasteiger partial charge >= 0.3 is 12.4 Å². The van der Waals surface area contributed by atoms with E-state index in [0.29, 0.717) is 5.69 Å². The molecule has 0 spiro atoms. The van der Waals surface area contributed by atoms with E-state index in [0.717, 1.165) is 24.4 Å². The maximum atomic E-state index is 13.0. The van der Waals surface area contributed by atoms with E-state index in [1.165, 1.54) is 28.8 Å². The first kappa shape index (κ1) is 19.7. The van der Waals surface area contributed by atoms with E-state index in [1.807, 2.05) is 0 Å². The molecule has 1 amide bonds. The molecule has 0 fully saturated rings. The van der Waals surface area contributed by atoms with Gasteiger partial charge in [-0.1, -0.05) is 12.1 Å². The second-order valence-corrected chi connectivity index (χ2v) is 5.96. The number of carbonyl (C=O) groups excluding carboxylic acids is 1. The van der Waals surface area contributed by atoms with Crippen LogP contribution in [0.25, 0.3) is 5.65 Å². The normalized spacial score (nSPS) is 12.4. The van der Waals surface area contributed by atoms with Crippen molar-refractivity contribution in [2.75, 3.05) is 6.54 Å². The third-order valence-electron chi connectivity index (χ3n) is 3.97. The van der Waals surface area contributed by atoms with Crippen molar-refractivity contribution in [3.63, 3.8) is 0 Å². The van der Waals surface area contributed by atoms with Crippen LogP contribution in [-0.2, 0) is 18.8 Å². The minimum absolute atomic E-state index is 0.0268. The molecule has 0 saturated carbocycles. The fraction of sp³-hybridized carbons (Fsp3) is 0.222. The van der Waals surface area contributed by atoms with Gasteiger partial charge in [-0.05, 0) is 24.3 Å². The molecular weight excluding hydrogens is 388 g/mol. The zero-order chi connectivity index (χ0) is 20.5. The third kappa shape index (κ3) is 4.26. The third-order valence-corrected chi connectivity index (χ3v) is 3.97. The van der Waals surface area contributed by atoms with Crippen LogP contribution in [0.2, 0.25) is 0 Å². The standard InChI is InChI=1S/C18H13F6N3O/c19-17(20,21)11-5-6-15-26-12(10-27(15)9-11)7-8-25-16(28)13-3-1-2-4-14(13)18(22,23)24/h1-6,9-10H,7-8H2,(H,25,28). The van der Waals surface area contributed by atoms with Gasteiger partial charge in [0.1, 0.15) is 5.65 Å². The van der Waals surface area contributed by atoms with Crippen molar-refractivity contribution in [3.05, 3.63) is 71.2 Å². The number of nitrogens with one attached hydrogen (secondary N) is 1. The number of rotatable bonds is 4. The lowest BCUT2D eigenvalue weighted by Crippen LogP contribution is -2.28. The number of benzene rings is 1. The van der Waals surface area contributed by atoms with Gasteiger partial charge in [-0.3, -0.25) is 4.79 Å². The van der Waals surface area contributed by atoms with Crippen molar-refractivity contribution in [1.29, 1.82) is 0 Å². The van der Waals surface area contributed by atoms with Crippen molar-refractivity contribution in [2.45, 2.75) is 18.8 Å². The molecule has 0 aliphatic rings. The quantitative estimate of drug-likeness (QED) is 0.661. The smallest absolute Gasteiger partial charge is 0.352 e. The van der Waals surface area contributed by atoms with Crippen molar-refractivity contribution in [1.82, 2.24) is 14.7 Å². The minimum Gasteiger partial charge on any atom is -0.352 e. The van der Waals surface area contributed by atoms with Crippen LogP contribution >= 0.6 is 0 Å². The highest BCUT2D eigenvalue weighted by molar-refractivity contribution is 5.95. The number of aromatic nitrogens is 2. The Morgan fingerprint density at radius 2 is 1.68 bits per heavy atom. The van der Waals surface area contributed by atoms with Crippen LogP contribution in [-0.4, -0.2) is 21.8 Å². The highest BCUT2D eigenvalue weighted by Crippen LogP contribution is 2.32. The maximum Gasteiger partial charge on any atom is 0.417 e. The SMILES string of the molecule is O=C(NCCc1cn2cc(C(F)(F)F)ccc2n1)c1ccccc1C(F)(F)F. The lowest BCUT2D eigenvalue weighted by atomic mass is 10.1. The Labute approximate surface area is 154 Å². The largest absolute Gasteiger partial charge is 0.417 e. The summed E-state index contributed by atoms with van der Waals surface area (Å²) in [5.41, 5.74) is -1.69. The first-order valence-electron chi connectivity index (χ1n) is 8.05. The molecule has 0 unspecified atom stereocenters. The topological polar surface area (TPSA) is 46.4 Å². The summed E-state index contributed by atoms with van der Waals surface area (Å²) in [4.78, 5) is 16.2. The first-order chi connectivity index (χ1) is 13.1. The Hall–Kier alpha value is -3.04. The van der Waals surface area contributed by atoms with Crippen LogP contribution in [0.5, 0.6) is 0 Å². The van der Waals surface area contributed by atoms with E-state index in [4.69, 9.17) is 0 Å². The molecule has 3 aromatic rings. The Balaban J connectivity index is 1.68. The number of amides is 1. The van der Waals surface area contributed by atoms with Crippen molar-refractivity contribution in [2.24, 2.45) is 0 Å². The summed E-state index contributed by atoms with van der Waals surface area (Å²) in [7, 11) is 0.